The maximum Gasteiger partial charge on any atom is 0.259 e. The summed E-state index contributed by atoms with van der Waals surface area (Å²) in [6, 6.07) is 9.29. The molecule has 0 saturated heterocycles. The molecule has 5 nitrogen and oxygen atoms in total. The van der Waals surface area contributed by atoms with Gasteiger partial charge in [0.05, 0.1) is 11.3 Å². The van der Waals surface area contributed by atoms with Gasteiger partial charge in [-0.2, -0.15) is 4.98 Å². The second kappa shape index (κ2) is 5.30. The number of hydrogen-bond donors (Lipinski definition) is 1. The lowest BCUT2D eigenvalue weighted by atomic mass is 10.1. The van der Waals surface area contributed by atoms with Gasteiger partial charge in [0, 0.05) is 23.8 Å². The zero-order valence-electron chi connectivity index (χ0n) is 10.5. The van der Waals surface area contributed by atoms with Gasteiger partial charge in [-0.1, -0.05) is 28.9 Å². The second-order valence-corrected chi connectivity index (χ2v) is 4.77. The summed E-state index contributed by atoms with van der Waals surface area (Å²) in [5.41, 5.74) is 7.96. The number of hydrogen-bond acceptors (Lipinski definition) is 5. The van der Waals surface area contributed by atoms with E-state index in [1.54, 1.807) is 18.5 Å². The van der Waals surface area contributed by atoms with Crippen LogP contribution in [0, 0.1) is 0 Å². The third-order valence-electron chi connectivity index (χ3n) is 2.73. The highest BCUT2D eigenvalue weighted by Crippen LogP contribution is 2.19. The Kier molecular flexibility index (Phi) is 3.35. The van der Waals surface area contributed by atoms with E-state index in [-0.39, 0.29) is 0 Å². The molecule has 0 amide bonds. The van der Waals surface area contributed by atoms with Gasteiger partial charge < -0.3 is 10.3 Å². The summed E-state index contributed by atoms with van der Waals surface area (Å²) in [4.78, 5) is 8.33. The van der Waals surface area contributed by atoms with Crippen molar-refractivity contribution in [2.24, 2.45) is 0 Å². The molecule has 2 aromatic heterocycles. The SMILES string of the molecule is Nc1cncc(-c2nc(Cc3cccc(Cl)c3)no2)c1. The van der Waals surface area contributed by atoms with E-state index >= 15 is 0 Å². The molecule has 3 rings (SSSR count). The van der Waals surface area contributed by atoms with Crippen molar-refractivity contribution in [2.45, 2.75) is 6.42 Å². The summed E-state index contributed by atoms with van der Waals surface area (Å²) in [5, 5.41) is 4.64. The normalized spacial score (nSPS) is 10.7. The Morgan fingerprint density at radius 2 is 2.10 bits per heavy atom. The number of aromatic nitrogens is 3. The molecule has 0 unspecified atom stereocenters. The van der Waals surface area contributed by atoms with Crippen LogP contribution >= 0.6 is 11.6 Å². The number of anilines is 1. The third kappa shape index (κ3) is 2.78. The first-order valence-corrected chi connectivity index (χ1v) is 6.36. The van der Waals surface area contributed by atoms with Crippen molar-refractivity contribution in [3.63, 3.8) is 0 Å². The monoisotopic (exact) mass is 286 g/mol. The van der Waals surface area contributed by atoms with Gasteiger partial charge in [-0.3, -0.25) is 4.98 Å². The largest absolute Gasteiger partial charge is 0.397 e. The fourth-order valence-electron chi connectivity index (χ4n) is 1.85. The number of halogens is 1. The first-order chi connectivity index (χ1) is 9.70. The van der Waals surface area contributed by atoms with E-state index in [2.05, 4.69) is 15.1 Å². The number of nitrogens with two attached hydrogens (primary N) is 1. The average Bonchev–Trinajstić information content (AvgIpc) is 2.87. The zero-order chi connectivity index (χ0) is 13.9. The Balaban J connectivity index is 1.84. The average molecular weight is 287 g/mol. The van der Waals surface area contributed by atoms with Gasteiger partial charge in [0.25, 0.3) is 5.89 Å². The van der Waals surface area contributed by atoms with Crippen molar-refractivity contribution >= 4 is 17.3 Å². The van der Waals surface area contributed by atoms with Crippen LogP contribution in [0.3, 0.4) is 0 Å². The molecule has 0 fully saturated rings. The highest BCUT2D eigenvalue weighted by Gasteiger charge is 2.10. The van der Waals surface area contributed by atoms with Crippen molar-refractivity contribution in [1.82, 2.24) is 15.1 Å². The Morgan fingerprint density at radius 3 is 2.90 bits per heavy atom. The molecule has 3 aromatic rings. The van der Waals surface area contributed by atoms with Gasteiger partial charge in [-0.15, -0.1) is 0 Å². The van der Waals surface area contributed by atoms with E-state index in [0.29, 0.717) is 34.4 Å². The highest BCUT2D eigenvalue weighted by molar-refractivity contribution is 6.30. The smallest absolute Gasteiger partial charge is 0.259 e. The summed E-state index contributed by atoms with van der Waals surface area (Å²) in [6.07, 6.45) is 3.75. The molecule has 6 heteroatoms. The summed E-state index contributed by atoms with van der Waals surface area (Å²) in [7, 11) is 0. The summed E-state index contributed by atoms with van der Waals surface area (Å²) < 4.78 is 5.22. The van der Waals surface area contributed by atoms with Crippen molar-refractivity contribution in [3.8, 4) is 11.5 Å². The first kappa shape index (κ1) is 12.6. The minimum atomic E-state index is 0.404. The van der Waals surface area contributed by atoms with Gasteiger partial charge in [0.15, 0.2) is 5.82 Å². The fraction of sp³-hybridized carbons (Fsp3) is 0.0714. The summed E-state index contributed by atoms with van der Waals surface area (Å²) >= 11 is 5.94. The van der Waals surface area contributed by atoms with Crippen LogP contribution in [0.5, 0.6) is 0 Å². The van der Waals surface area contributed by atoms with Crippen LogP contribution in [0.25, 0.3) is 11.5 Å². The molecule has 2 N–H and O–H groups in total. The number of nitrogens with zero attached hydrogens (tertiary/aromatic N) is 3. The van der Waals surface area contributed by atoms with E-state index < -0.39 is 0 Å². The van der Waals surface area contributed by atoms with Gasteiger partial charge in [0.2, 0.25) is 0 Å². The van der Waals surface area contributed by atoms with Crippen molar-refractivity contribution in [3.05, 3.63) is 59.1 Å². The molecule has 0 aliphatic rings. The maximum absolute atomic E-state index is 5.94. The Bertz CT molecular complexity index is 741. The predicted octanol–water partition coefficient (Wildman–Crippen LogP) is 2.96. The van der Waals surface area contributed by atoms with Crippen molar-refractivity contribution < 1.29 is 4.52 Å². The van der Waals surface area contributed by atoms with E-state index in [1.807, 2.05) is 24.3 Å². The fourth-order valence-corrected chi connectivity index (χ4v) is 2.06. The molecule has 1 aromatic carbocycles. The van der Waals surface area contributed by atoms with E-state index in [9.17, 15) is 0 Å². The summed E-state index contributed by atoms with van der Waals surface area (Å²) in [6.45, 7) is 0. The Hall–Kier alpha value is -2.40. The van der Waals surface area contributed by atoms with Crippen molar-refractivity contribution in [2.75, 3.05) is 5.73 Å². The first-order valence-electron chi connectivity index (χ1n) is 5.98. The van der Waals surface area contributed by atoms with Gasteiger partial charge in [-0.05, 0) is 23.8 Å². The second-order valence-electron chi connectivity index (χ2n) is 4.33. The van der Waals surface area contributed by atoms with Crippen LogP contribution in [-0.4, -0.2) is 15.1 Å². The van der Waals surface area contributed by atoms with E-state index in [4.69, 9.17) is 21.9 Å². The lowest BCUT2D eigenvalue weighted by molar-refractivity contribution is 0.424. The minimum absolute atomic E-state index is 0.404. The standard InChI is InChI=1S/C14H11ClN4O/c15-11-3-1-2-9(4-11)5-13-18-14(20-19-13)10-6-12(16)8-17-7-10/h1-4,6-8H,5,16H2. The number of pyridine rings is 1. The van der Waals surface area contributed by atoms with Crippen molar-refractivity contribution in [1.29, 1.82) is 0 Å². The maximum atomic E-state index is 5.94. The summed E-state index contributed by atoms with van der Waals surface area (Å²) in [5.74, 6) is 0.992. The topological polar surface area (TPSA) is 77.8 Å². The molecule has 0 saturated carbocycles. The predicted molar refractivity (Wildman–Crippen MR) is 76.2 cm³/mol. The van der Waals surface area contributed by atoms with Crippen LogP contribution in [0.4, 0.5) is 5.69 Å². The molecule has 0 aliphatic carbocycles. The lowest BCUT2D eigenvalue weighted by Crippen LogP contribution is -1.91. The zero-order valence-corrected chi connectivity index (χ0v) is 11.2. The molecule has 0 aliphatic heterocycles. The van der Waals surface area contributed by atoms with E-state index in [1.165, 1.54) is 0 Å². The molecule has 100 valence electrons. The molecule has 0 bridgehead atoms. The number of rotatable bonds is 3. The van der Waals surface area contributed by atoms with Crippen LogP contribution in [-0.2, 0) is 6.42 Å². The quantitative estimate of drug-likeness (QED) is 0.801. The molecule has 0 spiro atoms. The molecule has 0 atom stereocenters. The molecular weight excluding hydrogens is 276 g/mol. The van der Waals surface area contributed by atoms with Crippen LogP contribution in [0.15, 0.2) is 47.2 Å². The van der Waals surface area contributed by atoms with Gasteiger partial charge >= 0.3 is 0 Å². The third-order valence-corrected chi connectivity index (χ3v) is 2.96. The number of benzene rings is 1. The molecule has 20 heavy (non-hydrogen) atoms. The van der Waals surface area contributed by atoms with Gasteiger partial charge in [0.1, 0.15) is 0 Å². The number of nitrogen functional groups attached to an aromatic ring is 1. The van der Waals surface area contributed by atoms with Crippen LogP contribution in [0.2, 0.25) is 5.02 Å². The van der Waals surface area contributed by atoms with Crippen LogP contribution < -0.4 is 5.73 Å². The van der Waals surface area contributed by atoms with Crippen LogP contribution in [0.1, 0.15) is 11.4 Å². The van der Waals surface area contributed by atoms with Gasteiger partial charge in [-0.25, -0.2) is 0 Å². The Labute approximate surface area is 120 Å². The van der Waals surface area contributed by atoms with E-state index in [0.717, 1.165) is 5.56 Å². The Morgan fingerprint density at radius 1 is 1.20 bits per heavy atom. The molecule has 0 radical (unpaired) electrons. The minimum Gasteiger partial charge on any atom is -0.397 e. The lowest BCUT2D eigenvalue weighted by Gasteiger charge is -1.97. The molecular formula is C14H11ClN4O. The molecule has 2 heterocycles. The highest BCUT2D eigenvalue weighted by atomic mass is 35.5.